The highest BCUT2D eigenvalue weighted by Crippen LogP contribution is 2.65. The molecule has 0 fully saturated rings. The molecule has 0 aliphatic heterocycles. The molecule has 11 heteroatoms. The van der Waals surface area contributed by atoms with E-state index in [0.717, 1.165) is 26.8 Å². The summed E-state index contributed by atoms with van der Waals surface area (Å²) in [7, 11) is 1.99. The largest absolute Gasteiger partial charge is 0.387 e. The minimum atomic E-state index is -0.628. The number of aromatic nitrogens is 2. The number of rotatable bonds is 5. The fraction of sp³-hybridized carbons (Fsp3) is 0.146. The van der Waals surface area contributed by atoms with Gasteiger partial charge in [-0.05, 0) is 81.1 Å². The molecule has 59 heavy (non-hydrogen) atoms. The number of anilines is 1. The lowest BCUT2D eigenvalue weighted by Crippen LogP contribution is -2.29. The summed E-state index contributed by atoms with van der Waals surface area (Å²) in [5.41, 5.74) is 10.9. The summed E-state index contributed by atoms with van der Waals surface area (Å²) in [5.74, 6) is -0.448. The van der Waals surface area contributed by atoms with E-state index in [-0.39, 0.29) is 39.0 Å². The number of fused-ring (bicyclic) bond motifs is 5. The Bertz CT molecular complexity index is 3190. The predicted octanol–water partition coefficient (Wildman–Crippen LogP) is 11.3. The van der Waals surface area contributed by atoms with Crippen LogP contribution in [0.4, 0.5) is 5.69 Å². The number of hydrogen-bond donors (Lipinski definition) is 1. The number of Topliss-reactive ketones (excluding diaryl/α,β-unsaturated/α-hetero) is 1. The van der Waals surface area contributed by atoms with Crippen molar-refractivity contribution in [1.29, 1.82) is 21.0 Å². The number of carbonyl (C=O) groups excluding carboxylic acids is 1. The molecule has 9 rings (SSSR count). The Kier molecular flexibility index (Phi) is 8.82. The standard InChI is InChI=1S/C48H31N7OS3/c1-23-7-11-31(12-8-23)48(32-13-9-24(2)10-14-32)36-18-38(59-45(36)47-40(48)41(53-6)27(5)57-47)46-43-42(54-25(3)26(4)55-43)37(58-46)17-35-39(30(21-51)22-52)33-15-28(19-49)29(20-50)16-34(33)44(35)56/h7-18,53H,1-6H3/b35-17-. The third kappa shape index (κ3) is 5.37. The number of aryl methyl sites for hydroxylation is 5. The van der Waals surface area contributed by atoms with Crippen molar-refractivity contribution in [3.8, 4) is 43.8 Å². The molecule has 0 unspecified atom stereocenters. The molecule has 0 bridgehead atoms. The van der Waals surface area contributed by atoms with Crippen LogP contribution in [0.15, 0.2) is 77.9 Å². The van der Waals surface area contributed by atoms with Gasteiger partial charge in [-0.25, -0.2) is 9.97 Å². The second-order valence-electron chi connectivity index (χ2n) is 14.7. The van der Waals surface area contributed by atoms with Crippen molar-refractivity contribution in [3.63, 3.8) is 0 Å². The highest BCUT2D eigenvalue weighted by Gasteiger charge is 2.51. The number of ketones is 1. The van der Waals surface area contributed by atoms with Gasteiger partial charge in [0, 0.05) is 39.1 Å². The average molecular weight is 818 g/mol. The Hall–Kier alpha value is -6.99. The second kappa shape index (κ2) is 13.8. The zero-order valence-electron chi connectivity index (χ0n) is 32.7. The summed E-state index contributed by atoms with van der Waals surface area (Å²) in [6.45, 7) is 10.2. The minimum Gasteiger partial charge on any atom is -0.387 e. The van der Waals surface area contributed by atoms with E-state index in [9.17, 15) is 25.8 Å². The Morgan fingerprint density at radius 1 is 0.712 bits per heavy atom. The van der Waals surface area contributed by atoms with Gasteiger partial charge in [-0.3, -0.25) is 4.79 Å². The first kappa shape index (κ1) is 37.6. The van der Waals surface area contributed by atoms with E-state index in [1.165, 1.54) is 71.5 Å². The van der Waals surface area contributed by atoms with Gasteiger partial charge >= 0.3 is 0 Å². The van der Waals surface area contributed by atoms with Crippen LogP contribution >= 0.6 is 34.0 Å². The smallest absolute Gasteiger partial charge is 0.194 e. The summed E-state index contributed by atoms with van der Waals surface area (Å²) in [4.78, 5) is 30.5. The van der Waals surface area contributed by atoms with Crippen molar-refractivity contribution < 1.29 is 4.79 Å². The summed E-state index contributed by atoms with van der Waals surface area (Å²) in [6.07, 6.45) is 1.69. The third-order valence-corrected chi connectivity index (χ3v) is 15.1. The van der Waals surface area contributed by atoms with Crippen molar-refractivity contribution in [1.82, 2.24) is 9.97 Å². The summed E-state index contributed by atoms with van der Waals surface area (Å²) in [5, 5.41) is 43.3. The molecule has 2 aliphatic rings. The van der Waals surface area contributed by atoms with E-state index in [0.29, 0.717) is 15.9 Å². The van der Waals surface area contributed by atoms with E-state index in [2.05, 4.69) is 80.7 Å². The van der Waals surface area contributed by atoms with Gasteiger partial charge in [-0.15, -0.1) is 34.0 Å². The molecule has 282 valence electrons. The zero-order chi connectivity index (χ0) is 41.5. The van der Waals surface area contributed by atoms with Gasteiger partial charge < -0.3 is 5.32 Å². The molecule has 8 nitrogen and oxygen atoms in total. The fourth-order valence-electron chi connectivity index (χ4n) is 8.48. The maximum Gasteiger partial charge on any atom is 0.194 e. The van der Waals surface area contributed by atoms with Crippen molar-refractivity contribution in [2.45, 2.75) is 40.0 Å². The third-order valence-electron chi connectivity index (χ3n) is 11.4. The van der Waals surface area contributed by atoms with Crippen LogP contribution in [0.1, 0.15) is 81.6 Å². The molecule has 3 aromatic carbocycles. The molecule has 4 aromatic heterocycles. The fourth-order valence-corrected chi connectivity index (χ4v) is 12.3. The first-order valence-electron chi connectivity index (χ1n) is 18.7. The molecule has 0 amide bonds. The lowest BCUT2D eigenvalue weighted by molar-refractivity contribution is 0.104. The number of carbonyl (C=O) groups is 1. The van der Waals surface area contributed by atoms with Crippen molar-refractivity contribution in [2.24, 2.45) is 0 Å². The van der Waals surface area contributed by atoms with E-state index >= 15 is 0 Å². The Morgan fingerprint density at radius 3 is 1.85 bits per heavy atom. The second-order valence-corrected chi connectivity index (χ2v) is 18.1. The summed E-state index contributed by atoms with van der Waals surface area (Å²) < 4.78 is 0. The number of nitrogens with zero attached hydrogens (tertiary/aromatic N) is 6. The molecule has 0 radical (unpaired) electrons. The number of nitriles is 4. The van der Waals surface area contributed by atoms with Crippen LogP contribution in [-0.4, -0.2) is 22.8 Å². The molecule has 0 saturated heterocycles. The van der Waals surface area contributed by atoms with E-state index in [1.54, 1.807) is 28.7 Å². The highest BCUT2D eigenvalue weighted by molar-refractivity contribution is 7.27. The van der Waals surface area contributed by atoms with Gasteiger partial charge in [0.1, 0.15) is 40.9 Å². The van der Waals surface area contributed by atoms with Crippen LogP contribution < -0.4 is 5.32 Å². The quantitative estimate of drug-likeness (QED) is 0.133. The van der Waals surface area contributed by atoms with Crippen LogP contribution in [0.3, 0.4) is 0 Å². The molecule has 7 aromatic rings. The molecule has 2 aliphatic carbocycles. The minimum absolute atomic E-state index is 0.0421. The van der Waals surface area contributed by atoms with Gasteiger partial charge in [0.05, 0.1) is 53.1 Å². The number of hydrogen-bond acceptors (Lipinski definition) is 11. The number of nitrogens with one attached hydrogen (secondary N) is 1. The average Bonchev–Trinajstić information content (AvgIpc) is 4.02. The van der Waals surface area contributed by atoms with Crippen LogP contribution in [0.5, 0.6) is 0 Å². The molecule has 1 N–H and O–H groups in total. The molecular formula is C48H31N7OS3. The number of benzene rings is 3. The van der Waals surface area contributed by atoms with Crippen LogP contribution in [0.2, 0.25) is 0 Å². The first-order valence-corrected chi connectivity index (χ1v) is 21.1. The molecule has 0 atom stereocenters. The number of allylic oxidation sites excluding steroid dienone is 3. The Labute approximate surface area is 352 Å². The molecule has 0 saturated carbocycles. The molecule has 4 heterocycles. The Balaban J connectivity index is 1.32. The maximum absolute atomic E-state index is 14.3. The highest BCUT2D eigenvalue weighted by atomic mass is 32.1. The maximum atomic E-state index is 14.3. The number of thiophene rings is 3. The van der Waals surface area contributed by atoms with Gasteiger partial charge in [0.2, 0.25) is 0 Å². The van der Waals surface area contributed by atoms with Crippen LogP contribution in [0, 0.1) is 79.9 Å². The SMILES string of the molecule is CNc1c(C)sc2c1C(c1ccc(C)cc1)(c1ccc(C)cc1)c1cc(-c3sc(/C=C4\C(=O)c5cc(C#N)c(C#N)cc5C4=C(C#N)C#N)c4nc(C)c(C)nc34)sc1-2. The Morgan fingerprint density at radius 2 is 1.29 bits per heavy atom. The lowest BCUT2D eigenvalue weighted by atomic mass is 9.67. The van der Waals surface area contributed by atoms with E-state index < -0.39 is 11.2 Å². The summed E-state index contributed by atoms with van der Waals surface area (Å²) in [6, 6.07) is 30.7. The topological polar surface area (TPSA) is 150 Å². The predicted molar refractivity (Wildman–Crippen MR) is 235 cm³/mol. The van der Waals surface area contributed by atoms with E-state index in [4.69, 9.17) is 9.97 Å². The van der Waals surface area contributed by atoms with Gasteiger partial charge in [-0.1, -0.05) is 59.7 Å². The zero-order valence-corrected chi connectivity index (χ0v) is 35.2. The van der Waals surface area contributed by atoms with Gasteiger partial charge in [0.25, 0.3) is 0 Å². The van der Waals surface area contributed by atoms with Crippen molar-refractivity contribution >= 4 is 68.2 Å². The first-order chi connectivity index (χ1) is 28.5. The van der Waals surface area contributed by atoms with Crippen molar-refractivity contribution in [3.05, 3.63) is 155 Å². The van der Waals surface area contributed by atoms with Crippen LogP contribution in [-0.2, 0) is 5.41 Å². The van der Waals surface area contributed by atoms with Gasteiger partial charge in [-0.2, -0.15) is 21.0 Å². The normalized spacial score (nSPS) is 14.0. The van der Waals surface area contributed by atoms with Crippen molar-refractivity contribution in [2.75, 3.05) is 12.4 Å². The molecular weight excluding hydrogens is 787 g/mol. The monoisotopic (exact) mass is 817 g/mol. The van der Waals surface area contributed by atoms with E-state index in [1.807, 2.05) is 45.2 Å². The lowest BCUT2D eigenvalue weighted by Gasteiger charge is -2.34. The van der Waals surface area contributed by atoms with Crippen LogP contribution in [0.25, 0.3) is 42.2 Å². The van der Waals surface area contributed by atoms with Gasteiger partial charge in [0.15, 0.2) is 5.78 Å². The molecule has 0 spiro atoms. The summed E-state index contributed by atoms with van der Waals surface area (Å²) >= 11 is 4.97.